The first kappa shape index (κ1) is 14.8. The molecule has 3 aliphatic heterocycles. The predicted octanol–water partition coefficient (Wildman–Crippen LogP) is 2.93. The summed E-state index contributed by atoms with van der Waals surface area (Å²) in [4.78, 5) is 16.4. The Hall–Kier alpha value is -2.76. The van der Waals surface area contributed by atoms with E-state index in [9.17, 15) is 4.79 Å². The summed E-state index contributed by atoms with van der Waals surface area (Å²) in [5, 5.41) is 4.23. The molecular formula is C18H20N4O2. The summed E-state index contributed by atoms with van der Waals surface area (Å²) >= 11 is 0. The van der Waals surface area contributed by atoms with Crippen molar-refractivity contribution >= 4 is 11.9 Å². The Bertz CT molecular complexity index is 766. The Morgan fingerprint density at radius 3 is 2.75 bits per heavy atom. The van der Waals surface area contributed by atoms with Crippen LogP contribution in [0.1, 0.15) is 32.4 Å². The molecule has 3 aliphatic rings. The molecule has 6 heteroatoms. The van der Waals surface area contributed by atoms with Crippen LogP contribution in [0.3, 0.4) is 0 Å². The monoisotopic (exact) mass is 324 g/mol. The first-order valence-corrected chi connectivity index (χ1v) is 8.03. The van der Waals surface area contributed by atoms with E-state index in [1.165, 1.54) is 0 Å². The fourth-order valence-corrected chi connectivity index (χ4v) is 3.52. The van der Waals surface area contributed by atoms with Gasteiger partial charge in [0.2, 0.25) is 0 Å². The lowest BCUT2D eigenvalue weighted by molar-refractivity contribution is 0.0678. The number of carbonyl (C=O) groups excluding carboxylic acids is 1. The molecule has 24 heavy (non-hydrogen) atoms. The smallest absolute Gasteiger partial charge is 0.415 e. The molecule has 0 aromatic heterocycles. The van der Waals surface area contributed by atoms with E-state index >= 15 is 0 Å². The van der Waals surface area contributed by atoms with Gasteiger partial charge in [0.1, 0.15) is 23.6 Å². The van der Waals surface area contributed by atoms with Crippen LogP contribution in [0.25, 0.3) is 0 Å². The van der Waals surface area contributed by atoms with Crippen LogP contribution in [0.15, 0.2) is 59.5 Å². The van der Waals surface area contributed by atoms with Crippen molar-refractivity contribution in [3.05, 3.63) is 59.9 Å². The number of rotatable bonds is 2. The molecule has 0 radical (unpaired) electrons. The Morgan fingerprint density at radius 1 is 1.25 bits per heavy atom. The minimum Gasteiger partial charge on any atom is -0.441 e. The van der Waals surface area contributed by atoms with Gasteiger partial charge in [-0.1, -0.05) is 30.3 Å². The molecule has 2 unspecified atom stereocenters. The van der Waals surface area contributed by atoms with Crippen molar-refractivity contribution in [3.63, 3.8) is 0 Å². The van der Waals surface area contributed by atoms with Crippen LogP contribution >= 0.6 is 0 Å². The van der Waals surface area contributed by atoms with Crippen LogP contribution in [0.2, 0.25) is 0 Å². The lowest BCUT2D eigenvalue weighted by Gasteiger charge is -2.32. The van der Waals surface area contributed by atoms with Crippen LogP contribution in [0, 0.1) is 0 Å². The molecular weight excluding hydrogens is 304 g/mol. The fourth-order valence-electron chi connectivity index (χ4n) is 3.52. The number of benzene rings is 1. The highest BCUT2D eigenvalue weighted by atomic mass is 16.6. The lowest BCUT2D eigenvalue weighted by atomic mass is 9.91. The molecule has 0 spiro atoms. The van der Waals surface area contributed by atoms with Crippen molar-refractivity contribution < 1.29 is 9.53 Å². The summed E-state index contributed by atoms with van der Waals surface area (Å²) in [5.74, 6) is 0.899. The summed E-state index contributed by atoms with van der Waals surface area (Å²) in [6, 6.07) is 9.81. The molecule has 124 valence electrons. The number of amidine groups is 1. The number of nitrogens with zero attached hydrogens (tertiary/aromatic N) is 3. The highest BCUT2D eigenvalue weighted by molar-refractivity contribution is 5.83. The minimum atomic E-state index is -0.611. The number of fused-ring (bicyclic) bond motifs is 1. The van der Waals surface area contributed by atoms with E-state index in [1.807, 2.05) is 74.4 Å². The lowest BCUT2D eigenvalue weighted by Crippen LogP contribution is -2.39. The number of hydrogen-bond acceptors (Lipinski definition) is 5. The largest absolute Gasteiger partial charge is 0.441 e. The molecule has 6 nitrogen and oxygen atoms in total. The van der Waals surface area contributed by atoms with Gasteiger partial charge >= 0.3 is 6.09 Å². The Labute approximate surface area is 141 Å². The number of carbonyl (C=O) groups is 1. The maximum absolute atomic E-state index is 12.6. The molecule has 3 heterocycles. The third-order valence-corrected chi connectivity index (χ3v) is 4.62. The van der Waals surface area contributed by atoms with E-state index in [4.69, 9.17) is 4.74 Å². The summed E-state index contributed by atoms with van der Waals surface area (Å²) in [6.45, 7) is 5.84. The van der Waals surface area contributed by atoms with E-state index in [0.29, 0.717) is 0 Å². The highest BCUT2D eigenvalue weighted by Gasteiger charge is 2.50. The maximum atomic E-state index is 12.6. The third kappa shape index (κ3) is 2.18. The first-order chi connectivity index (χ1) is 11.5. The number of hydrazone groups is 1. The average molecular weight is 324 g/mol. The molecule has 1 N–H and O–H groups in total. The Kier molecular flexibility index (Phi) is 3.16. The number of amides is 1. The van der Waals surface area contributed by atoms with Crippen LogP contribution in [0.4, 0.5) is 4.79 Å². The first-order valence-electron chi connectivity index (χ1n) is 8.03. The van der Waals surface area contributed by atoms with Gasteiger partial charge in [-0.3, -0.25) is 10.3 Å². The topological polar surface area (TPSA) is 57.2 Å². The fraction of sp³-hybridized carbons (Fsp3) is 0.333. The summed E-state index contributed by atoms with van der Waals surface area (Å²) in [5.41, 5.74) is 4.32. The zero-order valence-corrected chi connectivity index (χ0v) is 13.9. The van der Waals surface area contributed by atoms with Crippen LogP contribution in [-0.4, -0.2) is 33.5 Å². The molecule has 1 aromatic rings. The quantitative estimate of drug-likeness (QED) is 0.909. The molecule has 0 bridgehead atoms. The van der Waals surface area contributed by atoms with Crippen molar-refractivity contribution in [1.82, 2.24) is 15.2 Å². The minimum absolute atomic E-state index is 0.0714. The Morgan fingerprint density at radius 2 is 2.00 bits per heavy atom. The van der Waals surface area contributed by atoms with Crippen LogP contribution in [0.5, 0.6) is 0 Å². The van der Waals surface area contributed by atoms with E-state index in [0.717, 1.165) is 17.1 Å². The van der Waals surface area contributed by atoms with Gasteiger partial charge in [0.15, 0.2) is 0 Å². The summed E-state index contributed by atoms with van der Waals surface area (Å²) in [7, 11) is 0. The summed E-state index contributed by atoms with van der Waals surface area (Å²) < 4.78 is 5.66. The normalized spacial score (nSPS) is 27.4. The van der Waals surface area contributed by atoms with E-state index in [1.54, 1.807) is 4.90 Å². The second-order valence-corrected chi connectivity index (χ2v) is 6.70. The van der Waals surface area contributed by atoms with Crippen molar-refractivity contribution in [2.45, 2.75) is 38.6 Å². The predicted molar refractivity (Wildman–Crippen MR) is 90.7 cm³/mol. The number of hydrogen-bond donors (Lipinski definition) is 1. The van der Waals surface area contributed by atoms with E-state index in [2.05, 4.69) is 10.5 Å². The van der Waals surface area contributed by atoms with Gasteiger partial charge in [0.25, 0.3) is 0 Å². The second kappa shape index (κ2) is 5.12. The van der Waals surface area contributed by atoms with Gasteiger partial charge in [0, 0.05) is 11.9 Å². The van der Waals surface area contributed by atoms with Gasteiger partial charge in [0.05, 0.1) is 0 Å². The van der Waals surface area contributed by atoms with Crippen molar-refractivity contribution in [1.29, 1.82) is 0 Å². The third-order valence-electron chi connectivity index (χ3n) is 4.62. The maximum Gasteiger partial charge on any atom is 0.415 e. The number of nitrogens with one attached hydrogen (secondary N) is 1. The standard InChI is InChI=1S/C18H20N4O2/c1-12-19-20-15-11-14(9-10-21(12)15)22-16(13-7-5-4-6-8-13)18(2,3)24-17(22)23/h4-11,15-16,20H,1-3H3. The number of ether oxygens (including phenoxy) is 1. The van der Waals surface area contributed by atoms with E-state index < -0.39 is 5.60 Å². The average Bonchev–Trinajstić information content (AvgIpc) is 3.04. The second-order valence-electron chi connectivity index (χ2n) is 6.70. The highest BCUT2D eigenvalue weighted by Crippen LogP contribution is 2.44. The van der Waals surface area contributed by atoms with Crippen molar-refractivity contribution in [3.8, 4) is 0 Å². The van der Waals surface area contributed by atoms with Crippen molar-refractivity contribution in [2.75, 3.05) is 0 Å². The number of allylic oxidation sites excluding steroid dienone is 1. The zero-order chi connectivity index (χ0) is 16.9. The molecule has 0 saturated carbocycles. The Balaban J connectivity index is 1.72. The molecule has 1 saturated heterocycles. The van der Waals surface area contributed by atoms with E-state index in [-0.39, 0.29) is 18.3 Å². The van der Waals surface area contributed by atoms with Gasteiger partial charge in [-0.15, -0.1) is 0 Å². The number of cyclic esters (lactones) is 1. The molecule has 4 rings (SSSR count). The zero-order valence-electron chi connectivity index (χ0n) is 13.9. The van der Waals surface area contributed by atoms with Crippen molar-refractivity contribution in [2.24, 2.45) is 5.10 Å². The van der Waals surface area contributed by atoms with Crippen LogP contribution < -0.4 is 5.43 Å². The van der Waals surface area contributed by atoms with Gasteiger partial charge < -0.3 is 9.64 Å². The van der Waals surface area contributed by atoms with Gasteiger partial charge in [-0.05, 0) is 38.5 Å². The van der Waals surface area contributed by atoms with Gasteiger partial charge in [-0.2, -0.15) is 5.10 Å². The van der Waals surface area contributed by atoms with Gasteiger partial charge in [-0.25, -0.2) is 4.79 Å². The summed E-state index contributed by atoms with van der Waals surface area (Å²) in [6.07, 6.45) is 5.48. The molecule has 1 fully saturated rings. The molecule has 1 aromatic carbocycles. The van der Waals surface area contributed by atoms with Crippen LogP contribution in [-0.2, 0) is 4.74 Å². The molecule has 0 aliphatic carbocycles. The molecule has 1 amide bonds. The SMILES string of the molecule is CC1=NNC2C=C(N3C(=O)OC(C)(C)C3c3ccccc3)C=CN12. The molecule has 2 atom stereocenters.